The highest BCUT2D eigenvalue weighted by molar-refractivity contribution is 6.45. The van der Waals surface area contributed by atoms with E-state index < -0.39 is 5.91 Å². The van der Waals surface area contributed by atoms with Gasteiger partial charge in [-0.25, -0.2) is 0 Å². The molecular formula is C27H31N5O3. The average molecular weight is 474 g/mol. The number of nitrogens with zero attached hydrogens (tertiary/aromatic N) is 2. The first-order chi connectivity index (χ1) is 17.0. The lowest BCUT2D eigenvalue weighted by molar-refractivity contribution is -0.114. The summed E-state index contributed by atoms with van der Waals surface area (Å²) in [7, 11) is 1.64. The Bertz CT molecular complexity index is 1210. The van der Waals surface area contributed by atoms with E-state index in [1.165, 1.54) is 0 Å². The second-order valence-corrected chi connectivity index (χ2v) is 8.38. The Labute approximate surface area is 205 Å². The summed E-state index contributed by atoms with van der Waals surface area (Å²) >= 11 is 0. The number of morpholine rings is 1. The topological polar surface area (TPSA) is 114 Å². The first kappa shape index (κ1) is 24.2. The number of anilines is 2. The fraction of sp³-hybridized carbons (Fsp3) is 0.296. The van der Waals surface area contributed by atoms with Gasteiger partial charge in [-0.05, 0) is 54.3 Å². The van der Waals surface area contributed by atoms with Crippen LogP contribution < -0.4 is 16.0 Å². The molecule has 1 aliphatic carbocycles. The minimum atomic E-state index is -0.524. The first-order valence-electron chi connectivity index (χ1n) is 11.7. The van der Waals surface area contributed by atoms with E-state index in [0.29, 0.717) is 36.6 Å². The van der Waals surface area contributed by atoms with Crippen molar-refractivity contribution in [1.82, 2.24) is 10.3 Å². The highest BCUT2D eigenvalue weighted by Gasteiger charge is 2.18. The maximum atomic E-state index is 12.9. The van der Waals surface area contributed by atoms with Gasteiger partial charge in [0.1, 0.15) is 11.5 Å². The molecule has 2 aliphatic rings. The number of nitrogens with one attached hydrogen (secondary N) is 2. The van der Waals surface area contributed by atoms with Crippen LogP contribution in [-0.4, -0.2) is 50.0 Å². The number of ether oxygens (including phenoxy) is 2. The number of allylic oxidation sites excluding steroid dienone is 4. The third-order valence-corrected chi connectivity index (χ3v) is 6.22. The van der Waals surface area contributed by atoms with Crippen molar-refractivity contribution in [1.29, 1.82) is 5.41 Å². The van der Waals surface area contributed by atoms with E-state index in [2.05, 4.69) is 28.2 Å². The minimum absolute atomic E-state index is 0.198. The molecular weight excluding hydrogens is 442 g/mol. The Kier molecular flexibility index (Phi) is 7.62. The van der Waals surface area contributed by atoms with Crippen LogP contribution in [0.2, 0.25) is 0 Å². The smallest absolute Gasteiger partial charge is 0.274 e. The summed E-state index contributed by atoms with van der Waals surface area (Å²) in [4.78, 5) is 19.6. The Morgan fingerprint density at radius 1 is 1.20 bits per heavy atom. The van der Waals surface area contributed by atoms with Crippen LogP contribution in [0, 0.1) is 5.41 Å². The largest absolute Gasteiger partial charge is 0.497 e. The minimum Gasteiger partial charge on any atom is -0.497 e. The molecule has 0 saturated carbocycles. The summed E-state index contributed by atoms with van der Waals surface area (Å²) in [5, 5.41) is 11.4. The number of methoxy groups -OCH3 is 1. The van der Waals surface area contributed by atoms with E-state index >= 15 is 0 Å². The van der Waals surface area contributed by atoms with Gasteiger partial charge in [-0.15, -0.1) is 0 Å². The summed E-state index contributed by atoms with van der Waals surface area (Å²) in [6, 6.07) is 7.44. The number of carbonyl (C=O) groups excluding carboxylic acids is 1. The molecule has 2 aromatic rings. The zero-order chi connectivity index (χ0) is 24.8. The van der Waals surface area contributed by atoms with Gasteiger partial charge in [-0.2, -0.15) is 0 Å². The standard InChI is InChI=1S/C27H31N5O3/c1-3-18-4-6-21(7-9-25(18)34-2)31-27(33)26(29)23-15-19(5-8-24(23)28)20-14-22(17-30-16-20)32-10-12-35-13-11-32/h5-9,14-17,29H,3-4,10-13,28H2,1-2H3,(H,31,33). The quantitative estimate of drug-likeness (QED) is 0.416. The van der Waals surface area contributed by atoms with Crippen molar-refractivity contribution in [2.45, 2.75) is 19.8 Å². The molecule has 0 spiro atoms. The van der Waals surface area contributed by atoms with Gasteiger partial charge in [-0.1, -0.05) is 19.1 Å². The predicted molar refractivity (Wildman–Crippen MR) is 138 cm³/mol. The molecule has 35 heavy (non-hydrogen) atoms. The van der Waals surface area contributed by atoms with E-state index in [0.717, 1.165) is 47.7 Å². The normalized spacial score (nSPS) is 15.9. The number of pyridine rings is 1. The van der Waals surface area contributed by atoms with Crippen molar-refractivity contribution in [2.24, 2.45) is 0 Å². The number of hydrogen-bond acceptors (Lipinski definition) is 7. The number of hydrogen-bond donors (Lipinski definition) is 3. The van der Waals surface area contributed by atoms with E-state index in [4.69, 9.17) is 20.6 Å². The second-order valence-electron chi connectivity index (χ2n) is 8.38. The fourth-order valence-electron chi connectivity index (χ4n) is 4.16. The first-order valence-corrected chi connectivity index (χ1v) is 11.7. The van der Waals surface area contributed by atoms with Crippen LogP contribution in [0.5, 0.6) is 0 Å². The monoisotopic (exact) mass is 473 g/mol. The highest BCUT2D eigenvalue weighted by Crippen LogP contribution is 2.27. The van der Waals surface area contributed by atoms with E-state index in [1.54, 1.807) is 31.5 Å². The maximum absolute atomic E-state index is 12.9. The molecule has 2 heterocycles. The lowest BCUT2D eigenvalue weighted by Crippen LogP contribution is -2.36. The van der Waals surface area contributed by atoms with Crippen molar-refractivity contribution in [3.8, 4) is 11.1 Å². The van der Waals surface area contributed by atoms with Crippen molar-refractivity contribution >= 4 is 23.0 Å². The van der Waals surface area contributed by atoms with Gasteiger partial charge < -0.3 is 25.4 Å². The van der Waals surface area contributed by atoms with Gasteiger partial charge in [0.25, 0.3) is 5.91 Å². The summed E-state index contributed by atoms with van der Waals surface area (Å²) in [6.07, 6.45) is 10.7. The van der Waals surface area contributed by atoms with Crippen LogP contribution in [0.25, 0.3) is 11.1 Å². The van der Waals surface area contributed by atoms with Crippen LogP contribution in [0.1, 0.15) is 25.3 Å². The number of nitrogens with two attached hydrogens (primary N) is 1. The molecule has 4 rings (SSSR count). The molecule has 8 nitrogen and oxygen atoms in total. The molecule has 1 fully saturated rings. The molecule has 1 amide bonds. The van der Waals surface area contributed by atoms with E-state index in [1.807, 2.05) is 24.4 Å². The lowest BCUT2D eigenvalue weighted by atomic mass is 9.99. The summed E-state index contributed by atoms with van der Waals surface area (Å²) in [5.41, 5.74) is 11.2. The van der Waals surface area contributed by atoms with E-state index in [9.17, 15) is 4.79 Å². The number of aromatic nitrogens is 1. The van der Waals surface area contributed by atoms with Crippen LogP contribution >= 0.6 is 0 Å². The lowest BCUT2D eigenvalue weighted by Gasteiger charge is -2.28. The molecule has 1 aromatic carbocycles. The Balaban J connectivity index is 1.52. The molecule has 1 aliphatic heterocycles. The molecule has 0 bridgehead atoms. The Hall–Kier alpha value is -3.91. The van der Waals surface area contributed by atoms with Crippen LogP contribution in [0.3, 0.4) is 0 Å². The zero-order valence-corrected chi connectivity index (χ0v) is 20.1. The van der Waals surface area contributed by atoms with Gasteiger partial charge in [0.2, 0.25) is 0 Å². The van der Waals surface area contributed by atoms with Gasteiger partial charge in [0.05, 0.1) is 32.2 Å². The number of carbonyl (C=O) groups is 1. The third-order valence-electron chi connectivity index (χ3n) is 6.22. The van der Waals surface area contributed by atoms with Crippen molar-refractivity contribution < 1.29 is 14.3 Å². The second kappa shape index (κ2) is 11.0. The summed E-state index contributed by atoms with van der Waals surface area (Å²) in [6.45, 7) is 5.08. The molecule has 0 unspecified atom stereocenters. The van der Waals surface area contributed by atoms with Crippen molar-refractivity contribution in [3.63, 3.8) is 0 Å². The summed E-state index contributed by atoms with van der Waals surface area (Å²) in [5.74, 6) is 0.275. The van der Waals surface area contributed by atoms with Crippen molar-refractivity contribution in [2.75, 3.05) is 44.0 Å². The van der Waals surface area contributed by atoms with Crippen LogP contribution in [-0.2, 0) is 14.3 Å². The summed E-state index contributed by atoms with van der Waals surface area (Å²) < 4.78 is 10.9. The number of benzene rings is 1. The van der Waals surface area contributed by atoms with Crippen LogP contribution in [0.4, 0.5) is 11.4 Å². The average Bonchev–Trinajstić information content (AvgIpc) is 3.10. The number of rotatable bonds is 7. The third kappa shape index (κ3) is 5.60. The van der Waals surface area contributed by atoms with Gasteiger partial charge in [0, 0.05) is 41.8 Å². The molecule has 0 atom stereocenters. The molecule has 0 radical (unpaired) electrons. The fourth-order valence-corrected chi connectivity index (χ4v) is 4.16. The maximum Gasteiger partial charge on any atom is 0.274 e. The SMILES string of the molecule is CCC1=C(OC)C=CC(NC(=O)C(=N)c2cc(-c3cncc(N4CCOCC4)c3)ccc2N)=CC1. The highest BCUT2D eigenvalue weighted by atomic mass is 16.5. The molecule has 8 heteroatoms. The molecule has 182 valence electrons. The van der Waals surface area contributed by atoms with Crippen molar-refractivity contribution in [3.05, 3.63) is 77.5 Å². The molecule has 1 aromatic heterocycles. The van der Waals surface area contributed by atoms with Gasteiger partial charge >= 0.3 is 0 Å². The van der Waals surface area contributed by atoms with E-state index in [-0.39, 0.29) is 5.71 Å². The molecule has 1 saturated heterocycles. The van der Waals surface area contributed by atoms with Gasteiger partial charge in [-0.3, -0.25) is 15.2 Å². The Morgan fingerprint density at radius 3 is 2.74 bits per heavy atom. The molecule has 4 N–H and O–H groups in total. The Morgan fingerprint density at radius 2 is 2.00 bits per heavy atom. The van der Waals surface area contributed by atoms with Gasteiger partial charge in [0.15, 0.2) is 0 Å². The number of nitrogen functional groups attached to an aromatic ring is 1. The zero-order valence-electron chi connectivity index (χ0n) is 20.1. The van der Waals surface area contributed by atoms with Crippen LogP contribution in [0.15, 0.2) is 71.9 Å². The predicted octanol–water partition coefficient (Wildman–Crippen LogP) is 3.81. The number of amides is 1.